The summed E-state index contributed by atoms with van der Waals surface area (Å²) in [5.74, 6) is 0. The van der Waals surface area contributed by atoms with Crippen LogP contribution in [0.25, 0.3) is 60.9 Å². The Hall–Kier alpha value is -6.96. The highest BCUT2D eigenvalue weighted by Crippen LogP contribution is 2.41. The maximum atomic E-state index is 4.12. The summed E-state index contributed by atoms with van der Waals surface area (Å²) >= 11 is 0. The van der Waals surface area contributed by atoms with Crippen molar-refractivity contribution in [3.05, 3.63) is 231 Å². The summed E-state index contributed by atoms with van der Waals surface area (Å²) in [6.45, 7) is 6.14. The van der Waals surface area contributed by atoms with Gasteiger partial charge in [-0.25, -0.2) is 0 Å². The fourth-order valence-electron chi connectivity index (χ4n) is 7.26. The second-order valence-corrected chi connectivity index (χ2v) is 13.4. The van der Waals surface area contributed by atoms with Crippen LogP contribution in [-0.4, -0.2) is 0 Å². The molecule has 0 atom stereocenters. The van der Waals surface area contributed by atoms with E-state index in [9.17, 15) is 0 Å². The Morgan fingerprint density at radius 2 is 1.00 bits per heavy atom. The zero-order valence-corrected chi connectivity index (χ0v) is 30.4. The van der Waals surface area contributed by atoms with E-state index in [0.717, 1.165) is 28.2 Å². The van der Waals surface area contributed by atoms with Gasteiger partial charge in [-0.1, -0.05) is 189 Å². The summed E-state index contributed by atoms with van der Waals surface area (Å²) < 4.78 is 0. The van der Waals surface area contributed by atoms with Gasteiger partial charge in [-0.2, -0.15) is 0 Å². The van der Waals surface area contributed by atoms with Gasteiger partial charge in [0.15, 0.2) is 0 Å². The number of rotatable bonds is 10. The van der Waals surface area contributed by atoms with Crippen LogP contribution in [0, 0.1) is 0 Å². The number of nitrogens with zero attached hydrogens (tertiary/aromatic N) is 1. The van der Waals surface area contributed by atoms with E-state index in [4.69, 9.17) is 0 Å². The summed E-state index contributed by atoms with van der Waals surface area (Å²) in [6.07, 6.45) is 8.13. The lowest BCUT2D eigenvalue weighted by atomic mass is 9.89. The third-order valence-corrected chi connectivity index (χ3v) is 10.0. The van der Waals surface area contributed by atoms with Gasteiger partial charge in [-0.05, 0) is 110 Å². The van der Waals surface area contributed by atoms with E-state index >= 15 is 0 Å². The van der Waals surface area contributed by atoms with Crippen LogP contribution in [0.15, 0.2) is 225 Å². The molecule has 0 heterocycles. The predicted molar refractivity (Wildman–Crippen MR) is 233 cm³/mol. The zero-order chi connectivity index (χ0) is 36.7. The molecular weight excluding hydrogens is 651 g/mol. The monoisotopic (exact) mass is 691 g/mol. The highest BCUT2D eigenvalue weighted by molar-refractivity contribution is 6.04. The molecule has 0 radical (unpaired) electrons. The molecule has 0 spiro atoms. The Bertz CT molecular complexity index is 2580. The Morgan fingerprint density at radius 1 is 0.463 bits per heavy atom. The van der Waals surface area contributed by atoms with Gasteiger partial charge >= 0.3 is 0 Å². The van der Waals surface area contributed by atoms with Crippen LogP contribution in [0.5, 0.6) is 0 Å². The molecule has 0 amide bonds. The summed E-state index contributed by atoms with van der Waals surface area (Å²) in [5.41, 5.74) is 15.1. The fourth-order valence-corrected chi connectivity index (χ4v) is 7.26. The molecule has 0 aliphatic heterocycles. The standard InChI is InChI=1S/C53H41N/c1-3-5-15-39(4-2)47-21-14-22-50(38-47)54(48-33-28-43(29-34-48)42-26-24-41(25-27-42)40-16-8-6-9-17-40)49-35-30-46(31-36-49)53-51-23-13-12-20-45(51)32-37-52(53)44-18-10-7-11-19-44/h3-38H,2H2,1H3/b5-3-,39-15+. The second-order valence-electron chi connectivity index (χ2n) is 13.4. The van der Waals surface area contributed by atoms with Crippen LogP contribution >= 0.6 is 0 Å². The molecule has 0 unspecified atom stereocenters. The molecule has 8 aromatic carbocycles. The molecule has 258 valence electrons. The van der Waals surface area contributed by atoms with Crippen molar-refractivity contribution in [2.75, 3.05) is 4.90 Å². The summed E-state index contributed by atoms with van der Waals surface area (Å²) in [6, 6.07) is 69.8. The number of allylic oxidation sites excluding steroid dienone is 5. The zero-order valence-electron chi connectivity index (χ0n) is 30.4. The van der Waals surface area contributed by atoms with Crippen LogP contribution in [0.3, 0.4) is 0 Å². The van der Waals surface area contributed by atoms with Crippen molar-refractivity contribution in [2.24, 2.45) is 0 Å². The Kier molecular flexibility index (Phi) is 9.95. The smallest absolute Gasteiger partial charge is 0.0467 e. The van der Waals surface area contributed by atoms with Crippen LogP contribution in [0.2, 0.25) is 0 Å². The van der Waals surface area contributed by atoms with Crippen molar-refractivity contribution >= 4 is 33.4 Å². The van der Waals surface area contributed by atoms with E-state index < -0.39 is 0 Å². The first-order chi connectivity index (χ1) is 26.7. The van der Waals surface area contributed by atoms with Crippen LogP contribution in [0.4, 0.5) is 17.1 Å². The number of anilines is 3. The highest BCUT2D eigenvalue weighted by atomic mass is 15.1. The van der Waals surface area contributed by atoms with Crippen molar-refractivity contribution in [3.63, 3.8) is 0 Å². The third-order valence-electron chi connectivity index (χ3n) is 10.0. The molecule has 8 aromatic rings. The number of hydrogen-bond acceptors (Lipinski definition) is 1. The van der Waals surface area contributed by atoms with Crippen molar-refractivity contribution < 1.29 is 0 Å². The van der Waals surface area contributed by atoms with Crippen molar-refractivity contribution in [2.45, 2.75) is 6.92 Å². The lowest BCUT2D eigenvalue weighted by Crippen LogP contribution is -2.10. The maximum Gasteiger partial charge on any atom is 0.0467 e. The van der Waals surface area contributed by atoms with E-state index in [1.165, 1.54) is 55.3 Å². The average Bonchev–Trinajstić information content (AvgIpc) is 3.25. The first-order valence-electron chi connectivity index (χ1n) is 18.5. The largest absolute Gasteiger partial charge is 0.310 e. The van der Waals surface area contributed by atoms with E-state index in [1.807, 2.05) is 19.1 Å². The van der Waals surface area contributed by atoms with Crippen LogP contribution in [0.1, 0.15) is 12.5 Å². The molecule has 0 saturated carbocycles. The van der Waals surface area contributed by atoms with E-state index in [0.29, 0.717) is 0 Å². The SMILES string of the molecule is C=C/C(=C\C=C/C)c1cccc(N(c2ccc(-c3ccc(-c4ccccc4)cc3)cc2)c2ccc(-c3c(-c4ccccc4)ccc4ccccc34)cc2)c1. The molecule has 8 rings (SSSR count). The number of fused-ring (bicyclic) bond motifs is 1. The lowest BCUT2D eigenvalue weighted by molar-refractivity contribution is 1.28. The minimum Gasteiger partial charge on any atom is -0.310 e. The fraction of sp³-hybridized carbons (Fsp3) is 0.0189. The lowest BCUT2D eigenvalue weighted by Gasteiger charge is -2.27. The Morgan fingerprint density at radius 3 is 1.61 bits per heavy atom. The summed E-state index contributed by atoms with van der Waals surface area (Å²) in [5, 5.41) is 2.47. The third kappa shape index (κ3) is 7.08. The molecule has 0 aliphatic carbocycles. The first kappa shape index (κ1) is 34.1. The normalized spacial score (nSPS) is 11.5. The van der Waals surface area contributed by atoms with Crippen molar-refractivity contribution in [3.8, 4) is 44.5 Å². The van der Waals surface area contributed by atoms with Gasteiger partial charge < -0.3 is 4.90 Å². The first-order valence-corrected chi connectivity index (χ1v) is 18.5. The quantitative estimate of drug-likeness (QED) is 0.129. The molecule has 54 heavy (non-hydrogen) atoms. The topological polar surface area (TPSA) is 3.24 Å². The van der Waals surface area contributed by atoms with Gasteiger partial charge in [0.05, 0.1) is 0 Å². The maximum absolute atomic E-state index is 4.12. The van der Waals surface area contributed by atoms with E-state index in [1.54, 1.807) is 0 Å². The Balaban J connectivity index is 1.21. The molecule has 0 N–H and O–H groups in total. The van der Waals surface area contributed by atoms with E-state index in [2.05, 4.69) is 218 Å². The molecule has 0 saturated heterocycles. The van der Waals surface area contributed by atoms with Crippen molar-refractivity contribution in [1.82, 2.24) is 0 Å². The second kappa shape index (κ2) is 15.7. The van der Waals surface area contributed by atoms with Crippen LogP contribution < -0.4 is 4.90 Å². The molecule has 0 bridgehead atoms. The van der Waals surface area contributed by atoms with Gasteiger partial charge in [0.25, 0.3) is 0 Å². The van der Waals surface area contributed by atoms with Crippen molar-refractivity contribution in [1.29, 1.82) is 0 Å². The molecule has 0 aliphatic rings. The summed E-state index contributed by atoms with van der Waals surface area (Å²) in [4.78, 5) is 2.34. The predicted octanol–water partition coefficient (Wildman–Crippen LogP) is 15.1. The summed E-state index contributed by atoms with van der Waals surface area (Å²) in [7, 11) is 0. The van der Waals surface area contributed by atoms with E-state index in [-0.39, 0.29) is 0 Å². The highest BCUT2D eigenvalue weighted by Gasteiger charge is 2.17. The molecule has 0 fully saturated rings. The number of benzene rings is 8. The average molecular weight is 692 g/mol. The Labute approximate surface area is 319 Å². The molecule has 1 nitrogen and oxygen atoms in total. The van der Waals surface area contributed by atoms with Gasteiger partial charge in [0.1, 0.15) is 0 Å². The molecular formula is C53H41N. The molecule has 1 heteroatoms. The molecule has 0 aromatic heterocycles. The van der Waals surface area contributed by atoms with Gasteiger partial charge in [0.2, 0.25) is 0 Å². The minimum atomic E-state index is 1.07. The van der Waals surface area contributed by atoms with Gasteiger partial charge in [-0.3, -0.25) is 0 Å². The minimum absolute atomic E-state index is 1.07. The van der Waals surface area contributed by atoms with Gasteiger partial charge in [0, 0.05) is 17.1 Å². The number of hydrogen-bond donors (Lipinski definition) is 0. The van der Waals surface area contributed by atoms with Gasteiger partial charge in [-0.15, -0.1) is 0 Å². The van der Waals surface area contributed by atoms with Crippen LogP contribution in [-0.2, 0) is 0 Å².